The number of nitroso groups, excluding NO2 is 1. The molecule has 0 aromatic rings. The number of nitrogens with zero attached hydrogens (tertiary/aromatic N) is 1. The number of hydrogen-bond donors (Lipinski definition) is 1. The Morgan fingerprint density at radius 2 is 2.25 bits per heavy atom. The summed E-state index contributed by atoms with van der Waals surface area (Å²) in [4.78, 5) is 10.2. The van der Waals surface area contributed by atoms with Crippen LogP contribution < -0.4 is 5.32 Å². The van der Waals surface area contributed by atoms with Gasteiger partial charge in [0.1, 0.15) is 0 Å². The highest BCUT2D eigenvalue weighted by molar-refractivity contribution is 4.31. The van der Waals surface area contributed by atoms with Crippen molar-refractivity contribution in [3.63, 3.8) is 0 Å². The molecule has 0 aromatic heterocycles. The van der Waals surface area contributed by atoms with Crippen LogP contribution in [0, 0.1) is 4.91 Å². The summed E-state index contributed by atoms with van der Waals surface area (Å²) in [7, 11) is 1.50. The van der Waals surface area contributed by atoms with Crippen LogP contribution in [0.25, 0.3) is 0 Å². The monoisotopic (exact) mass is 117 g/mol. The summed E-state index contributed by atoms with van der Waals surface area (Å²) in [5, 5.41) is 2.95. The van der Waals surface area contributed by atoms with Crippen molar-refractivity contribution in [1.29, 1.82) is 0 Å². The Labute approximate surface area is 49.7 Å². The van der Waals surface area contributed by atoms with Gasteiger partial charge in [0.05, 0.1) is 0 Å². The SMILES string of the molecule is CCCNC[N+](C)=O. The Morgan fingerprint density at radius 3 is 2.62 bits per heavy atom. The molecular weight excluding hydrogens is 104 g/mol. The number of rotatable bonds is 4. The van der Waals surface area contributed by atoms with E-state index < -0.39 is 0 Å². The van der Waals surface area contributed by atoms with E-state index in [0.29, 0.717) is 6.67 Å². The molecule has 3 heteroatoms. The Balaban J connectivity index is 2.82. The van der Waals surface area contributed by atoms with Crippen molar-refractivity contribution >= 4 is 0 Å². The fourth-order valence-corrected chi connectivity index (χ4v) is 0.413. The predicted octanol–water partition coefficient (Wildman–Crippen LogP) is 0.352. The summed E-state index contributed by atoms with van der Waals surface area (Å²) in [5.41, 5.74) is 0. The first-order valence-electron chi connectivity index (χ1n) is 2.86. The van der Waals surface area contributed by atoms with Crippen LogP contribution in [0.1, 0.15) is 13.3 Å². The number of nitrogens with one attached hydrogen (secondary N) is 1. The molecule has 0 aliphatic rings. The molecule has 0 heterocycles. The van der Waals surface area contributed by atoms with E-state index >= 15 is 0 Å². The molecule has 1 N–H and O–H groups in total. The Bertz CT molecular complexity index is 72.8. The lowest BCUT2D eigenvalue weighted by Gasteiger charge is -1.90. The molecule has 48 valence electrons. The summed E-state index contributed by atoms with van der Waals surface area (Å²) in [6, 6.07) is 0. The van der Waals surface area contributed by atoms with Crippen LogP contribution in [-0.2, 0) is 0 Å². The van der Waals surface area contributed by atoms with Gasteiger partial charge in [-0.2, -0.15) is 0 Å². The summed E-state index contributed by atoms with van der Waals surface area (Å²) < 4.78 is 0.871. The summed E-state index contributed by atoms with van der Waals surface area (Å²) in [6.45, 7) is 3.43. The third-order valence-corrected chi connectivity index (χ3v) is 0.761. The Morgan fingerprint density at radius 1 is 1.62 bits per heavy atom. The van der Waals surface area contributed by atoms with E-state index in [9.17, 15) is 4.91 Å². The van der Waals surface area contributed by atoms with Crippen molar-refractivity contribution in [2.45, 2.75) is 13.3 Å². The molecule has 0 aliphatic carbocycles. The maximum absolute atomic E-state index is 10.2. The molecule has 0 radical (unpaired) electrons. The number of hydrogen-bond acceptors (Lipinski definition) is 2. The minimum Gasteiger partial charge on any atom is -0.258 e. The highest BCUT2D eigenvalue weighted by Crippen LogP contribution is 1.67. The fourth-order valence-electron chi connectivity index (χ4n) is 0.413. The Kier molecular flexibility index (Phi) is 4.45. The zero-order chi connectivity index (χ0) is 6.41. The second kappa shape index (κ2) is 4.71. The lowest BCUT2D eigenvalue weighted by atomic mass is 10.5. The van der Waals surface area contributed by atoms with E-state index in [4.69, 9.17) is 0 Å². The molecule has 0 bridgehead atoms. The molecule has 3 nitrogen and oxygen atoms in total. The van der Waals surface area contributed by atoms with Gasteiger partial charge in [-0.15, -0.1) is 0 Å². The van der Waals surface area contributed by atoms with Crippen molar-refractivity contribution in [1.82, 2.24) is 5.32 Å². The normalized spacial score (nSPS) is 9.25. The lowest BCUT2D eigenvalue weighted by Crippen LogP contribution is -2.23. The second-order valence-electron chi connectivity index (χ2n) is 1.79. The van der Waals surface area contributed by atoms with Gasteiger partial charge in [0.25, 0.3) is 0 Å². The fraction of sp³-hybridized carbons (Fsp3) is 1.00. The van der Waals surface area contributed by atoms with Gasteiger partial charge in [-0.25, -0.2) is 0 Å². The molecule has 0 rings (SSSR count). The largest absolute Gasteiger partial charge is 0.258 e. The standard InChI is InChI=1S/C5H13N2O/c1-3-4-6-5-7(2)8/h6H,3-5H2,1-2H3/q+1. The lowest BCUT2D eigenvalue weighted by molar-refractivity contribution is -0.523. The maximum atomic E-state index is 10.2. The van der Waals surface area contributed by atoms with E-state index in [1.807, 2.05) is 0 Å². The Hall–Kier alpha value is -0.440. The molecule has 0 saturated carbocycles. The molecule has 0 aromatic carbocycles. The average Bonchev–Trinajstić information content (AvgIpc) is 1.66. The van der Waals surface area contributed by atoms with Crippen LogP contribution in [0.4, 0.5) is 0 Å². The third-order valence-electron chi connectivity index (χ3n) is 0.761. The molecular formula is C5H13N2O+. The van der Waals surface area contributed by atoms with Gasteiger partial charge in [-0.1, -0.05) is 6.92 Å². The van der Waals surface area contributed by atoms with Crippen molar-refractivity contribution in [3.8, 4) is 0 Å². The zero-order valence-corrected chi connectivity index (χ0v) is 5.48. The van der Waals surface area contributed by atoms with Crippen molar-refractivity contribution in [2.75, 3.05) is 20.3 Å². The smallest absolute Gasteiger partial charge is 0.244 e. The van der Waals surface area contributed by atoms with Gasteiger partial charge in [-0.3, -0.25) is 5.32 Å². The molecule has 0 spiro atoms. The van der Waals surface area contributed by atoms with Crippen molar-refractivity contribution < 1.29 is 4.76 Å². The van der Waals surface area contributed by atoms with E-state index in [2.05, 4.69) is 12.2 Å². The minimum absolute atomic E-state index is 0.438. The molecule has 0 saturated heterocycles. The highest BCUT2D eigenvalue weighted by atomic mass is 16.3. The van der Waals surface area contributed by atoms with Gasteiger partial charge in [0, 0.05) is 16.2 Å². The summed E-state index contributed by atoms with van der Waals surface area (Å²) in [5.74, 6) is 0. The van der Waals surface area contributed by atoms with Gasteiger partial charge in [0.2, 0.25) is 6.67 Å². The van der Waals surface area contributed by atoms with E-state index in [1.54, 1.807) is 0 Å². The first kappa shape index (κ1) is 7.56. The quantitative estimate of drug-likeness (QED) is 0.327. The van der Waals surface area contributed by atoms with Crippen molar-refractivity contribution in [3.05, 3.63) is 4.91 Å². The van der Waals surface area contributed by atoms with Gasteiger partial charge >= 0.3 is 0 Å². The predicted molar refractivity (Wildman–Crippen MR) is 32.7 cm³/mol. The molecule has 0 aliphatic heterocycles. The molecule has 8 heavy (non-hydrogen) atoms. The van der Waals surface area contributed by atoms with E-state index in [-0.39, 0.29) is 0 Å². The first-order valence-corrected chi connectivity index (χ1v) is 2.86. The molecule has 0 amide bonds. The summed E-state index contributed by atoms with van der Waals surface area (Å²) in [6.07, 6.45) is 1.08. The topological polar surface area (TPSA) is 32.1 Å². The van der Waals surface area contributed by atoms with E-state index in [0.717, 1.165) is 17.7 Å². The van der Waals surface area contributed by atoms with Crippen LogP contribution in [0.3, 0.4) is 0 Å². The van der Waals surface area contributed by atoms with Gasteiger partial charge in [0.15, 0.2) is 7.05 Å². The van der Waals surface area contributed by atoms with Crippen LogP contribution >= 0.6 is 0 Å². The van der Waals surface area contributed by atoms with Gasteiger partial charge in [-0.05, 0) is 6.42 Å². The maximum Gasteiger partial charge on any atom is 0.244 e. The molecule has 0 atom stereocenters. The molecule has 0 fully saturated rings. The summed E-state index contributed by atoms with van der Waals surface area (Å²) >= 11 is 0. The van der Waals surface area contributed by atoms with E-state index in [1.165, 1.54) is 7.05 Å². The third kappa shape index (κ3) is 5.56. The van der Waals surface area contributed by atoms with Crippen LogP contribution in [0.15, 0.2) is 0 Å². The minimum atomic E-state index is 0.438. The van der Waals surface area contributed by atoms with Crippen LogP contribution in [-0.4, -0.2) is 25.0 Å². The average molecular weight is 117 g/mol. The zero-order valence-electron chi connectivity index (χ0n) is 5.48. The first-order chi connectivity index (χ1) is 3.77. The van der Waals surface area contributed by atoms with Crippen molar-refractivity contribution in [2.24, 2.45) is 0 Å². The second-order valence-corrected chi connectivity index (χ2v) is 1.79. The van der Waals surface area contributed by atoms with Gasteiger partial charge < -0.3 is 0 Å². The van der Waals surface area contributed by atoms with Crippen LogP contribution in [0.2, 0.25) is 0 Å². The highest BCUT2D eigenvalue weighted by Gasteiger charge is 1.92. The van der Waals surface area contributed by atoms with Crippen LogP contribution in [0.5, 0.6) is 0 Å². The molecule has 0 unspecified atom stereocenters.